The number of halogens is 1. The summed E-state index contributed by atoms with van der Waals surface area (Å²) in [6.07, 6.45) is 3.85. The van der Waals surface area contributed by atoms with Crippen molar-refractivity contribution in [3.8, 4) is 22.3 Å². The van der Waals surface area contributed by atoms with Crippen molar-refractivity contribution in [3.05, 3.63) is 99.6 Å². The minimum atomic E-state index is -0.943. The Hall–Kier alpha value is -5.53. The third-order valence-corrected chi connectivity index (χ3v) is 14.8. The molecule has 16 heteroatoms. The van der Waals surface area contributed by atoms with E-state index in [1.54, 1.807) is 41.7 Å². The summed E-state index contributed by atoms with van der Waals surface area (Å²) in [4.78, 5) is 61.2. The van der Waals surface area contributed by atoms with Crippen LogP contribution in [0.25, 0.3) is 10.4 Å². The fraction of sp³-hybridized carbons (Fsp3) is 0.509. The van der Waals surface area contributed by atoms with Crippen LogP contribution in [0.4, 0.5) is 5.69 Å². The Bertz CT molecular complexity index is 2500. The van der Waals surface area contributed by atoms with Crippen LogP contribution in [0.3, 0.4) is 0 Å². The minimum absolute atomic E-state index is 0.00397. The second-order valence-electron chi connectivity index (χ2n) is 20.9. The molecule has 2 aliphatic carbocycles. The number of hydrogen-bond acceptors (Lipinski definition) is 11. The van der Waals surface area contributed by atoms with Gasteiger partial charge in [0.1, 0.15) is 36.6 Å². The van der Waals surface area contributed by atoms with Crippen LogP contribution in [0, 0.1) is 27.6 Å². The maximum Gasteiger partial charge on any atom is 0.251 e. The zero-order chi connectivity index (χ0) is 49.7. The van der Waals surface area contributed by atoms with E-state index in [0.29, 0.717) is 41.0 Å². The van der Waals surface area contributed by atoms with E-state index in [0.717, 1.165) is 36.1 Å². The molecule has 3 aliphatic rings. The van der Waals surface area contributed by atoms with Gasteiger partial charge in [0.25, 0.3) is 5.91 Å². The number of rotatable bonds is 20. The number of nitriles is 1. The van der Waals surface area contributed by atoms with E-state index in [1.807, 2.05) is 62.7 Å². The number of hydrogen-bond donors (Lipinski definition) is 5. The lowest BCUT2D eigenvalue weighted by Gasteiger charge is -2.63. The number of aliphatic hydroxyl groups is 1. The number of anilines is 1. The highest BCUT2D eigenvalue weighted by Crippen LogP contribution is 2.55. The van der Waals surface area contributed by atoms with Crippen LogP contribution in [-0.4, -0.2) is 95.3 Å². The normalized spacial score (nSPS) is 20.8. The average Bonchev–Trinajstić information content (AvgIpc) is 3.90. The first-order chi connectivity index (χ1) is 32.8. The van der Waals surface area contributed by atoms with Crippen LogP contribution >= 0.6 is 22.9 Å². The summed E-state index contributed by atoms with van der Waals surface area (Å²) >= 11 is 7.88. The predicted octanol–water partition coefficient (Wildman–Crippen LogP) is 8.23. The first-order valence-corrected chi connectivity index (χ1v) is 25.2. The molecule has 0 radical (unpaired) electrons. The molecular formula is C53H66ClN7O7S. The first-order valence-electron chi connectivity index (χ1n) is 23.9. The van der Waals surface area contributed by atoms with Gasteiger partial charge in [0.05, 0.1) is 32.8 Å². The number of nitrogens with zero attached hydrogens (tertiary/aromatic N) is 3. The third kappa shape index (κ3) is 12.3. The molecule has 4 amide bonds. The Morgan fingerprint density at radius 1 is 0.986 bits per heavy atom. The van der Waals surface area contributed by atoms with Gasteiger partial charge in [-0.3, -0.25) is 19.2 Å². The average molecular weight is 981 g/mol. The standard InChI is InChI=1S/C53H66ClN7O7S/c1-51(2,3)45(48(66)61-29-38(62)25-41(61)47(65)57-28-32-11-13-34(14-12-32)44-43(33-15-16-33)58-31-69-44)59-42(63)30-67-24-10-8-9-23-56-37-20-17-35(18-21-37)46(64)60-49-52(4,5)50(53(49,6)7)68-39-22-19-36(27-55)40(54)26-39/h11-14,17-22,26,31,33,38,41,45,49-50,56,62H,8-10,15-16,23-25,28-30H2,1-7H3,(H,57,65)(H,59,63)(H,60,64)/t38-,41+,45?,49?,50?/m1/s1. The van der Waals surface area contributed by atoms with Gasteiger partial charge in [-0.05, 0) is 85.0 Å². The number of thiazole rings is 1. The Labute approximate surface area is 414 Å². The van der Waals surface area contributed by atoms with Crippen LogP contribution < -0.4 is 26.0 Å². The largest absolute Gasteiger partial charge is 0.489 e. The predicted molar refractivity (Wildman–Crippen MR) is 268 cm³/mol. The summed E-state index contributed by atoms with van der Waals surface area (Å²) in [7, 11) is 0. The fourth-order valence-corrected chi connectivity index (χ4v) is 11.1. The lowest BCUT2D eigenvalue weighted by Crippen LogP contribution is -2.74. The Morgan fingerprint density at radius 2 is 1.70 bits per heavy atom. The summed E-state index contributed by atoms with van der Waals surface area (Å²) in [6.45, 7) is 15.0. The quantitative estimate of drug-likeness (QED) is 0.0539. The van der Waals surface area contributed by atoms with Crippen molar-refractivity contribution in [1.29, 1.82) is 5.26 Å². The van der Waals surface area contributed by atoms with Crippen molar-refractivity contribution in [3.63, 3.8) is 0 Å². The maximum absolute atomic E-state index is 14.0. The summed E-state index contributed by atoms with van der Waals surface area (Å²) in [5.41, 5.74) is 5.48. The number of likely N-dealkylation sites (tertiary alicyclic amines) is 1. The van der Waals surface area contributed by atoms with Gasteiger partial charge in [0, 0.05) is 72.8 Å². The highest BCUT2D eigenvalue weighted by Gasteiger charge is 2.64. The van der Waals surface area contributed by atoms with Crippen LogP contribution in [0.2, 0.25) is 5.02 Å². The number of carbonyl (C=O) groups excluding carboxylic acids is 4. The first kappa shape index (κ1) is 51.3. The smallest absolute Gasteiger partial charge is 0.251 e. The van der Waals surface area contributed by atoms with Crippen LogP contribution in [0.5, 0.6) is 5.75 Å². The van der Waals surface area contributed by atoms with Gasteiger partial charge < -0.3 is 40.7 Å². The van der Waals surface area contributed by atoms with Crippen molar-refractivity contribution < 1.29 is 33.8 Å². The molecule has 3 aromatic carbocycles. The molecule has 2 saturated carbocycles. The maximum atomic E-state index is 14.0. The topological polar surface area (TPSA) is 195 Å². The van der Waals surface area contributed by atoms with E-state index in [2.05, 4.69) is 60.0 Å². The van der Waals surface area contributed by atoms with Crippen molar-refractivity contribution in [1.82, 2.24) is 25.8 Å². The lowest BCUT2D eigenvalue weighted by molar-refractivity contribution is -0.164. The number of benzene rings is 3. The molecule has 3 atom stereocenters. The zero-order valence-electron chi connectivity index (χ0n) is 40.7. The van der Waals surface area contributed by atoms with Crippen molar-refractivity contribution in [2.24, 2.45) is 16.2 Å². The summed E-state index contributed by atoms with van der Waals surface area (Å²) < 4.78 is 12.1. The molecule has 2 heterocycles. The number of β-amino-alcohol motifs (C(OH)–C–C–N with tert-alkyl or cyclic N) is 1. The van der Waals surface area contributed by atoms with Gasteiger partial charge in [-0.25, -0.2) is 4.98 Å². The molecule has 368 valence electrons. The number of nitrogens with one attached hydrogen (secondary N) is 4. The molecular weight excluding hydrogens is 914 g/mol. The molecule has 1 aromatic heterocycles. The van der Waals surface area contributed by atoms with E-state index in [4.69, 9.17) is 21.1 Å². The van der Waals surface area contributed by atoms with Gasteiger partial charge in [-0.2, -0.15) is 5.26 Å². The fourth-order valence-electron chi connectivity index (χ4n) is 9.98. The van der Waals surface area contributed by atoms with Crippen LogP contribution in [0.1, 0.15) is 120 Å². The van der Waals surface area contributed by atoms with E-state index in [9.17, 15) is 29.5 Å². The number of ether oxygens (including phenoxy) is 2. The minimum Gasteiger partial charge on any atom is -0.489 e. The molecule has 5 N–H and O–H groups in total. The van der Waals surface area contributed by atoms with Crippen molar-refractivity contribution in [2.75, 3.05) is 31.6 Å². The molecule has 4 aromatic rings. The van der Waals surface area contributed by atoms with Gasteiger partial charge in [-0.1, -0.05) is 84.3 Å². The van der Waals surface area contributed by atoms with Gasteiger partial charge >= 0.3 is 0 Å². The molecule has 3 fully saturated rings. The Kier molecular flexibility index (Phi) is 16.1. The molecule has 1 unspecified atom stereocenters. The molecule has 14 nitrogen and oxygen atoms in total. The summed E-state index contributed by atoms with van der Waals surface area (Å²) in [5.74, 6) is -0.238. The number of aliphatic hydroxyl groups excluding tert-OH is 1. The van der Waals surface area contributed by atoms with E-state index < -0.39 is 35.4 Å². The highest BCUT2D eigenvalue weighted by atomic mass is 35.5. The number of unbranched alkanes of at least 4 members (excludes halogenated alkanes) is 2. The second-order valence-corrected chi connectivity index (χ2v) is 22.2. The van der Waals surface area contributed by atoms with Gasteiger partial charge in [0.2, 0.25) is 17.7 Å². The molecule has 1 aliphatic heterocycles. The third-order valence-electron chi connectivity index (χ3n) is 13.6. The van der Waals surface area contributed by atoms with Crippen LogP contribution in [0.15, 0.2) is 72.2 Å². The van der Waals surface area contributed by atoms with Crippen LogP contribution in [-0.2, 0) is 25.7 Å². The van der Waals surface area contributed by atoms with Crippen molar-refractivity contribution >= 4 is 52.3 Å². The van der Waals surface area contributed by atoms with Gasteiger partial charge in [-0.15, -0.1) is 11.3 Å². The number of aromatic nitrogens is 1. The Morgan fingerprint density at radius 3 is 2.35 bits per heavy atom. The Balaban J connectivity index is 0.789. The number of carbonyl (C=O) groups is 4. The van der Waals surface area contributed by atoms with Crippen molar-refractivity contribution in [2.45, 2.75) is 130 Å². The molecule has 1 saturated heterocycles. The summed E-state index contributed by atoms with van der Waals surface area (Å²) in [6, 6.07) is 20.6. The second kappa shape index (κ2) is 21.6. The van der Waals surface area contributed by atoms with E-state index >= 15 is 0 Å². The van der Waals surface area contributed by atoms with Gasteiger partial charge in [0.15, 0.2) is 0 Å². The molecule has 0 bridgehead atoms. The zero-order valence-corrected chi connectivity index (χ0v) is 42.3. The monoisotopic (exact) mass is 979 g/mol. The molecule has 69 heavy (non-hydrogen) atoms. The lowest BCUT2D eigenvalue weighted by atomic mass is 9.49. The van der Waals surface area contributed by atoms with E-state index in [1.165, 1.54) is 28.3 Å². The SMILES string of the molecule is CC(C)(C)C(NC(=O)COCCCCCNc1ccc(C(=O)NC2C(C)(C)C(Oc3ccc(C#N)c(Cl)c3)C2(C)C)cc1)C(=O)N1C[C@H](O)C[C@H]1C(=O)NCc1ccc(-c2scnc2C2CC2)cc1. The highest BCUT2D eigenvalue weighted by molar-refractivity contribution is 7.13. The summed E-state index contributed by atoms with van der Waals surface area (Å²) in [5, 5.41) is 32.6. The molecule has 0 spiro atoms. The number of amides is 4. The van der Waals surface area contributed by atoms with E-state index in [-0.39, 0.29) is 60.9 Å². The molecule has 7 rings (SSSR count).